The normalized spacial score (nSPS) is 14.7. The van der Waals surface area contributed by atoms with Crippen LogP contribution < -0.4 is 15.5 Å². The Morgan fingerprint density at radius 2 is 2.00 bits per heavy atom. The van der Waals surface area contributed by atoms with Crippen LogP contribution in [0.4, 0.5) is 11.5 Å². The minimum absolute atomic E-state index is 0.0255. The Balaban J connectivity index is 1.98. The van der Waals surface area contributed by atoms with Crippen molar-refractivity contribution < 1.29 is 9.59 Å². The molecule has 0 unspecified atom stereocenters. The summed E-state index contributed by atoms with van der Waals surface area (Å²) in [4.78, 5) is 29.2. The van der Waals surface area contributed by atoms with E-state index in [9.17, 15) is 9.59 Å². The van der Waals surface area contributed by atoms with Gasteiger partial charge in [0.1, 0.15) is 5.82 Å². The summed E-state index contributed by atoms with van der Waals surface area (Å²) < 4.78 is 0. The molecule has 2 heterocycles. The molecule has 1 aromatic rings. The monoisotopic (exact) mass is 290 g/mol. The third kappa shape index (κ3) is 4.44. The number of anilines is 2. The van der Waals surface area contributed by atoms with Crippen molar-refractivity contribution in [2.45, 2.75) is 33.1 Å². The maximum atomic E-state index is 11.7. The molecule has 0 aromatic carbocycles. The molecule has 1 aromatic heterocycles. The van der Waals surface area contributed by atoms with Crippen molar-refractivity contribution >= 4 is 23.3 Å². The summed E-state index contributed by atoms with van der Waals surface area (Å²) in [5.41, 5.74) is 1.71. The van der Waals surface area contributed by atoms with Crippen molar-refractivity contribution in [2.24, 2.45) is 0 Å². The number of amides is 2. The second-order valence-electron chi connectivity index (χ2n) is 5.37. The van der Waals surface area contributed by atoms with Gasteiger partial charge in [-0.3, -0.25) is 9.59 Å². The first-order valence-electron chi connectivity index (χ1n) is 7.32. The van der Waals surface area contributed by atoms with Gasteiger partial charge in [-0.1, -0.05) is 0 Å². The van der Waals surface area contributed by atoms with Gasteiger partial charge in [0.2, 0.25) is 11.8 Å². The quantitative estimate of drug-likeness (QED) is 0.880. The number of carbonyl (C=O) groups excluding carboxylic acids is 2. The molecule has 6 heteroatoms. The summed E-state index contributed by atoms with van der Waals surface area (Å²) in [6, 6.07) is 1.92. The maximum absolute atomic E-state index is 11.7. The third-order valence-corrected chi connectivity index (χ3v) is 3.49. The second-order valence-corrected chi connectivity index (χ2v) is 5.37. The summed E-state index contributed by atoms with van der Waals surface area (Å²) in [6.07, 6.45) is 5.36. The van der Waals surface area contributed by atoms with E-state index in [0.717, 1.165) is 24.5 Å². The van der Waals surface area contributed by atoms with Crippen LogP contribution in [0.15, 0.2) is 12.3 Å². The van der Waals surface area contributed by atoms with Crippen LogP contribution in [-0.2, 0) is 9.59 Å². The highest BCUT2D eigenvalue weighted by molar-refractivity contribution is 5.94. The fourth-order valence-electron chi connectivity index (χ4n) is 2.48. The number of piperidine rings is 1. The van der Waals surface area contributed by atoms with Gasteiger partial charge in [0, 0.05) is 20.0 Å². The van der Waals surface area contributed by atoms with Crippen molar-refractivity contribution in [2.75, 3.05) is 29.9 Å². The summed E-state index contributed by atoms with van der Waals surface area (Å²) in [6.45, 7) is 5.44. The molecular weight excluding hydrogens is 268 g/mol. The van der Waals surface area contributed by atoms with E-state index in [1.54, 1.807) is 6.20 Å². The zero-order valence-electron chi connectivity index (χ0n) is 12.6. The van der Waals surface area contributed by atoms with E-state index < -0.39 is 0 Å². The molecule has 0 radical (unpaired) electrons. The maximum Gasteiger partial charge on any atom is 0.243 e. The molecule has 0 spiro atoms. The van der Waals surface area contributed by atoms with Gasteiger partial charge in [-0.25, -0.2) is 4.98 Å². The minimum atomic E-state index is -0.253. The lowest BCUT2D eigenvalue weighted by Gasteiger charge is -2.29. The van der Waals surface area contributed by atoms with Crippen LogP contribution in [0.2, 0.25) is 0 Å². The molecule has 2 N–H and O–H groups in total. The number of nitrogens with zero attached hydrogens (tertiary/aromatic N) is 2. The Hall–Kier alpha value is -2.11. The van der Waals surface area contributed by atoms with Gasteiger partial charge in [-0.05, 0) is 37.8 Å². The average molecular weight is 290 g/mol. The average Bonchev–Trinajstić information content (AvgIpc) is 2.46. The number of aromatic nitrogens is 1. The Kier molecular flexibility index (Phi) is 5.14. The zero-order valence-corrected chi connectivity index (χ0v) is 12.6. The second kappa shape index (κ2) is 7.06. The lowest BCUT2D eigenvalue weighted by Crippen LogP contribution is -2.32. The van der Waals surface area contributed by atoms with Crippen LogP contribution in [0.3, 0.4) is 0 Å². The molecule has 114 valence electrons. The van der Waals surface area contributed by atoms with E-state index in [0.29, 0.717) is 5.69 Å². The number of rotatable bonds is 4. The summed E-state index contributed by atoms with van der Waals surface area (Å²) in [7, 11) is 0. The molecule has 0 saturated carbocycles. The number of hydrogen-bond acceptors (Lipinski definition) is 4. The molecule has 1 aliphatic rings. The largest absolute Gasteiger partial charge is 0.356 e. The van der Waals surface area contributed by atoms with E-state index in [1.807, 2.05) is 13.0 Å². The molecule has 6 nitrogen and oxygen atoms in total. The van der Waals surface area contributed by atoms with Gasteiger partial charge in [0.05, 0.1) is 18.4 Å². The van der Waals surface area contributed by atoms with Gasteiger partial charge >= 0.3 is 0 Å². The van der Waals surface area contributed by atoms with Gasteiger partial charge in [0.25, 0.3) is 0 Å². The standard InChI is InChI=1S/C15H22N4O2/c1-11-8-13(18-14(21)10-16-12(2)20)9-17-15(11)19-6-4-3-5-7-19/h8-9H,3-7,10H2,1-2H3,(H,16,20)(H,18,21). The Morgan fingerprint density at radius 3 is 2.62 bits per heavy atom. The smallest absolute Gasteiger partial charge is 0.243 e. The highest BCUT2D eigenvalue weighted by atomic mass is 16.2. The highest BCUT2D eigenvalue weighted by Crippen LogP contribution is 2.23. The van der Waals surface area contributed by atoms with Crippen LogP contribution in [0.1, 0.15) is 31.7 Å². The van der Waals surface area contributed by atoms with Crippen molar-refractivity contribution in [3.8, 4) is 0 Å². The fourth-order valence-corrected chi connectivity index (χ4v) is 2.48. The van der Waals surface area contributed by atoms with Crippen LogP contribution >= 0.6 is 0 Å². The van der Waals surface area contributed by atoms with Crippen molar-refractivity contribution in [3.63, 3.8) is 0 Å². The molecule has 1 fully saturated rings. The molecule has 1 aliphatic heterocycles. The van der Waals surface area contributed by atoms with Crippen molar-refractivity contribution in [3.05, 3.63) is 17.8 Å². The molecule has 0 atom stereocenters. The number of nitrogens with one attached hydrogen (secondary N) is 2. The van der Waals surface area contributed by atoms with Gasteiger partial charge in [-0.2, -0.15) is 0 Å². The fraction of sp³-hybridized carbons (Fsp3) is 0.533. The molecule has 2 amide bonds. The van der Waals surface area contributed by atoms with Gasteiger partial charge < -0.3 is 15.5 Å². The van der Waals surface area contributed by atoms with Gasteiger partial charge in [0.15, 0.2) is 0 Å². The summed E-state index contributed by atoms with van der Waals surface area (Å²) in [5.74, 6) is 0.520. The van der Waals surface area contributed by atoms with Crippen molar-refractivity contribution in [1.82, 2.24) is 10.3 Å². The van der Waals surface area contributed by atoms with E-state index in [1.165, 1.54) is 26.2 Å². The topological polar surface area (TPSA) is 74.3 Å². The first-order chi connectivity index (χ1) is 10.1. The Bertz CT molecular complexity index is 524. The van der Waals surface area contributed by atoms with Crippen LogP contribution in [0.25, 0.3) is 0 Å². The zero-order chi connectivity index (χ0) is 15.2. The first-order valence-corrected chi connectivity index (χ1v) is 7.32. The van der Waals surface area contributed by atoms with Crippen molar-refractivity contribution in [1.29, 1.82) is 0 Å². The first kappa shape index (κ1) is 15.3. The van der Waals surface area contributed by atoms with E-state index in [-0.39, 0.29) is 18.4 Å². The Labute approximate surface area is 124 Å². The Morgan fingerprint density at radius 1 is 1.29 bits per heavy atom. The molecule has 0 bridgehead atoms. The van der Waals surface area contributed by atoms with Crippen LogP contribution in [0.5, 0.6) is 0 Å². The number of pyridine rings is 1. The molecule has 0 aliphatic carbocycles. The molecule has 1 saturated heterocycles. The molecule has 2 rings (SSSR count). The van der Waals surface area contributed by atoms with E-state index in [4.69, 9.17) is 0 Å². The van der Waals surface area contributed by atoms with Crippen LogP contribution in [0, 0.1) is 6.92 Å². The predicted molar refractivity (Wildman–Crippen MR) is 82.4 cm³/mol. The molecule has 21 heavy (non-hydrogen) atoms. The van der Waals surface area contributed by atoms with E-state index in [2.05, 4.69) is 20.5 Å². The van der Waals surface area contributed by atoms with Crippen LogP contribution in [-0.4, -0.2) is 36.4 Å². The third-order valence-electron chi connectivity index (χ3n) is 3.49. The number of hydrogen-bond donors (Lipinski definition) is 2. The lowest BCUT2D eigenvalue weighted by atomic mass is 10.1. The number of aryl methyl sites for hydroxylation is 1. The van der Waals surface area contributed by atoms with E-state index >= 15 is 0 Å². The summed E-state index contributed by atoms with van der Waals surface area (Å²) in [5, 5.41) is 5.20. The minimum Gasteiger partial charge on any atom is -0.356 e. The summed E-state index contributed by atoms with van der Waals surface area (Å²) >= 11 is 0. The predicted octanol–water partition coefficient (Wildman–Crippen LogP) is 1.45. The van der Waals surface area contributed by atoms with Gasteiger partial charge in [-0.15, -0.1) is 0 Å². The SMILES string of the molecule is CC(=O)NCC(=O)Nc1cnc(N2CCCCC2)c(C)c1. The number of carbonyl (C=O) groups is 2. The highest BCUT2D eigenvalue weighted by Gasteiger charge is 2.14. The lowest BCUT2D eigenvalue weighted by molar-refractivity contribution is -0.122. The molecular formula is C15H22N4O2.